The molecule has 0 fully saturated rings. The number of hydrogen-bond acceptors (Lipinski definition) is 1. The topological polar surface area (TPSA) is 27.8 Å². The molecule has 2 nitrogen and oxygen atoms in total. The summed E-state index contributed by atoms with van der Waals surface area (Å²) in [7, 11) is 0. The maximum absolute atomic E-state index is 6.18. The van der Waals surface area contributed by atoms with Crippen LogP contribution in [-0.4, -0.2) is 4.98 Å². The standard InChI is InChI=1S/C16H14BrClN2/c1-10-7-13(17)16(8-14(10)18)20-9-11-3-2-4-15-12(11)5-6-19-15/h2-8,19-20H,9H2,1H3. The summed E-state index contributed by atoms with van der Waals surface area (Å²) in [6.07, 6.45) is 1.97. The number of aryl methyl sites for hydroxylation is 1. The molecule has 1 aromatic heterocycles. The molecule has 4 heteroatoms. The van der Waals surface area contributed by atoms with E-state index in [1.807, 2.05) is 25.3 Å². The zero-order valence-electron chi connectivity index (χ0n) is 11.0. The highest BCUT2D eigenvalue weighted by molar-refractivity contribution is 9.10. The summed E-state index contributed by atoms with van der Waals surface area (Å²) in [5, 5.41) is 5.45. The molecule has 1 heterocycles. The van der Waals surface area contributed by atoms with Gasteiger partial charge in [-0.3, -0.25) is 0 Å². The van der Waals surface area contributed by atoms with Crippen LogP contribution in [0.5, 0.6) is 0 Å². The number of hydrogen-bond donors (Lipinski definition) is 2. The Morgan fingerprint density at radius 2 is 2.10 bits per heavy atom. The zero-order valence-corrected chi connectivity index (χ0v) is 13.3. The van der Waals surface area contributed by atoms with Gasteiger partial charge < -0.3 is 10.3 Å². The Labute approximate surface area is 131 Å². The summed E-state index contributed by atoms with van der Waals surface area (Å²) in [5.74, 6) is 0. The van der Waals surface area contributed by atoms with Gasteiger partial charge in [0.15, 0.2) is 0 Å². The van der Waals surface area contributed by atoms with Crippen molar-refractivity contribution in [1.82, 2.24) is 4.98 Å². The van der Waals surface area contributed by atoms with E-state index >= 15 is 0 Å². The van der Waals surface area contributed by atoms with E-state index in [9.17, 15) is 0 Å². The highest BCUT2D eigenvalue weighted by atomic mass is 79.9. The van der Waals surface area contributed by atoms with Gasteiger partial charge in [-0.1, -0.05) is 23.7 Å². The van der Waals surface area contributed by atoms with Crippen molar-refractivity contribution < 1.29 is 0 Å². The molecule has 0 unspecified atom stereocenters. The fourth-order valence-corrected chi connectivity index (χ4v) is 3.04. The number of fused-ring (bicyclic) bond motifs is 1. The SMILES string of the molecule is Cc1cc(Br)c(NCc2cccc3[nH]ccc23)cc1Cl. The molecule has 0 aliphatic heterocycles. The number of halogens is 2. The van der Waals surface area contributed by atoms with Crippen LogP contribution in [0.3, 0.4) is 0 Å². The minimum Gasteiger partial charge on any atom is -0.380 e. The first-order valence-corrected chi connectivity index (χ1v) is 7.57. The van der Waals surface area contributed by atoms with Gasteiger partial charge in [0.25, 0.3) is 0 Å². The van der Waals surface area contributed by atoms with Crippen LogP contribution in [0, 0.1) is 6.92 Å². The number of H-pyrrole nitrogens is 1. The molecule has 0 bridgehead atoms. The second-order valence-electron chi connectivity index (χ2n) is 4.79. The summed E-state index contributed by atoms with van der Waals surface area (Å²) in [6.45, 7) is 2.75. The van der Waals surface area contributed by atoms with Crippen LogP contribution in [0.4, 0.5) is 5.69 Å². The third kappa shape index (κ3) is 2.56. The van der Waals surface area contributed by atoms with Crippen molar-refractivity contribution >= 4 is 44.1 Å². The Balaban J connectivity index is 1.86. The van der Waals surface area contributed by atoms with Crippen LogP contribution in [0.2, 0.25) is 5.02 Å². The van der Waals surface area contributed by atoms with Crippen molar-refractivity contribution in [3.63, 3.8) is 0 Å². The van der Waals surface area contributed by atoms with Crippen LogP contribution >= 0.6 is 27.5 Å². The lowest BCUT2D eigenvalue weighted by atomic mass is 10.1. The van der Waals surface area contributed by atoms with Gasteiger partial charge >= 0.3 is 0 Å². The van der Waals surface area contributed by atoms with E-state index in [-0.39, 0.29) is 0 Å². The summed E-state index contributed by atoms with van der Waals surface area (Å²) in [5.41, 5.74) is 4.49. The molecule has 2 N–H and O–H groups in total. The Bertz CT molecular complexity index is 764. The smallest absolute Gasteiger partial charge is 0.0502 e. The Morgan fingerprint density at radius 3 is 2.95 bits per heavy atom. The van der Waals surface area contributed by atoms with Gasteiger partial charge in [0.05, 0.1) is 5.69 Å². The highest BCUT2D eigenvalue weighted by Gasteiger charge is 2.06. The van der Waals surface area contributed by atoms with E-state index in [1.54, 1.807) is 0 Å². The average Bonchev–Trinajstić information content (AvgIpc) is 2.90. The quantitative estimate of drug-likeness (QED) is 0.641. The molecule has 20 heavy (non-hydrogen) atoms. The fourth-order valence-electron chi connectivity index (χ4n) is 2.28. The van der Waals surface area contributed by atoms with E-state index in [0.29, 0.717) is 0 Å². The first kappa shape index (κ1) is 13.5. The predicted octanol–water partition coefficient (Wildman–Crippen LogP) is 5.50. The van der Waals surface area contributed by atoms with E-state index < -0.39 is 0 Å². The number of rotatable bonds is 3. The third-order valence-electron chi connectivity index (χ3n) is 3.40. The van der Waals surface area contributed by atoms with Gasteiger partial charge in [0, 0.05) is 33.1 Å². The number of aromatic nitrogens is 1. The molecule has 0 spiro atoms. The molecule has 3 aromatic rings. The van der Waals surface area contributed by atoms with E-state index in [0.717, 1.165) is 32.8 Å². The normalized spacial score (nSPS) is 10.9. The van der Waals surface area contributed by atoms with Crippen molar-refractivity contribution in [1.29, 1.82) is 0 Å². The van der Waals surface area contributed by atoms with Gasteiger partial charge in [-0.05, 0) is 58.2 Å². The van der Waals surface area contributed by atoms with Crippen LogP contribution in [0.25, 0.3) is 10.9 Å². The Kier molecular flexibility index (Phi) is 3.72. The molecular weight excluding hydrogens is 336 g/mol. The molecule has 0 aliphatic carbocycles. The van der Waals surface area contributed by atoms with Gasteiger partial charge in [-0.25, -0.2) is 0 Å². The molecule has 3 rings (SSSR count). The van der Waals surface area contributed by atoms with Gasteiger partial charge in [0.2, 0.25) is 0 Å². The Morgan fingerprint density at radius 1 is 1.25 bits per heavy atom. The number of aromatic amines is 1. The lowest BCUT2D eigenvalue weighted by molar-refractivity contribution is 1.16. The van der Waals surface area contributed by atoms with Crippen LogP contribution in [0.1, 0.15) is 11.1 Å². The molecule has 2 aromatic carbocycles. The van der Waals surface area contributed by atoms with Crippen molar-refractivity contribution in [2.24, 2.45) is 0 Å². The second-order valence-corrected chi connectivity index (χ2v) is 6.05. The van der Waals surface area contributed by atoms with Crippen LogP contribution < -0.4 is 5.32 Å². The largest absolute Gasteiger partial charge is 0.380 e. The Hall–Kier alpha value is -1.45. The molecule has 0 atom stereocenters. The van der Waals surface area contributed by atoms with Crippen LogP contribution in [-0.2, 0) is 6.54 Å². The van der Waals surface area contributed by atoms with Gasteiger partial charge in [0.1, 0.15) is 0 Å². The number of anilines is 1. The predicted molar refractivity (Wildman–Crippen MR) is 89.5 cm³/mol. The second kappa shape index (κ2) is 5.51. The lowest BCUT2D eigenvalue weighted by Crippen LogP contribution is -2.00. The fraction of sp³-hybridized carbons (Fsp3) is 0.125. The van der Waals surface area contributed by atoms with Gasteiger partial charge in [-0.2, -0.15) is 0 Å². The monoisotopic (exact) mass is 348 g/mol. The van der Waals surface area contributed by atoms with Gasteiger partial charge in [-0.15, -0.1) is 0 Å². The third-order valence-corrected chi connectivity index (χ3v) is 4.47. The molecule has 0 amide bonds. The highest BCUT2D eigenvalue weighted by Crippen LogP contribution is 2.30. The van der Waals surface area contributed by atoms with E-state index in [4.69, 9.17) is 11.6 Å². The average molecular weight is 350 g/mol. The van der Waals surface area contributed by atoms with Crippen molar-refractivity contribution in [3.05, 3.63) is 63.2 Å². The minimum absolute atomic E-state index is 0.757. The molecule has 0 aliphatic rings. The number of nitrogens with one attached hydrogen (secondary N) is 2. The molecular formula is C16H14BrClN2. The van der Waals surface area contributed by atoms with Crippen molar-refractivity contribution in [3.8, 4) is 0 Å². The summed E-state index contributed by atoms with van der Waals surface area (Å²) >= 11 is 9.75. The summed E-state index contributed by atoms with van der Waals surface area (Å²) < 4.78 is 1.03. The lowest BCUT2D eigenvalue weighted by Gasteiger charge is -2.11. The maximum Gasteiger partial charge on any atom is 0.0502 e. The first-order chi connectivity index (χ1) is 9.65. The summed E-state index contributed by atoms with van der Waals surface area (Å²) in [6, 6.07) is 12.4. The van der Waals surface area contributed by atoms with Crippen molar-refractivity contribution in [2.45, 2.75) is 13.5 Å². The van der Waals surface area contributed by atoms with E-state index in [2.05, 4.69) is 50.5 Å². The first-order valence-electron chi connectivity index (χ1n) is 6.39. The molecule has 0 saturated carbocycles. The van der Waals surface area contributed by atoms with Crippen LogP contribution in [0.15, 0.2) is 47.1 Å². The maximum atomic E-state index is 6.18. The molecule has 102 valence electrons. The minimum atomic E-state index is 0.757. The number of benzene rings is 2. The van der Waals surface area contributed by atoms with E-state index in [1.165, 1.54) is 10.9 Å². The summed E-state index contributed by atoms with van der Waals surface area (Å²) in [4.78, 5) is 3.23. The zero-order chi connectivity index (χ0) is 14.1. The molecule has 0 radical (unpaired) electrons. The van der Waals surface area contributed by atoms with Crippen molar-refractivity contribution in [2.75, 3.05) is 5.32 Å². The molecule has 0 saturated heterocycles.